The molecule has 1 amide bonds. The minimum absolute atomic E-state index is 0. The molecule has 9 heteroatoms. The minimum atomic E-state index is -1.12. The van der Waals surface area contributed by atoms with Gasteiger partial charge in [0.1, 0.15) is 0 Å². The van der Waals surface area contributed by atoms with Crippen molar-refractivity contribution >= 4 is 17.6 Å². The van der Waals surface area contributed by atoms with Crippen LogP contribution in [0.1, 0.15) is 76.2 Å². The maximum absolute atomic E-state index is 13.2. The van der Waals surface area contributed by atoms with Crippen LogP contribution in [0.4, 0.5) is 5.69 Å². The van der Waals surface area contributed by atoms with E-state index in [9.17, 15) is 25.2 Å². The van der Waals surface area contributed by atoms with Crippen LogP contribution in [-0.4, -0.2) is 39.7 Å². The molecule has 0 aliphatic heterocycles. The molecule has 0 bridgehead atoms. The van der Waals surface area contributed by atoms with Gasteiger partial charge in [0.2, 0.25) is 5.91 Å². The second-order valence-electron chi connectivity index (χ2n) is 9.58. The van der Waals surface area contributed by atoms with Crippen LogP contribution in [0.25, 0.3) is 0 Å². The van der Waals surface area contributed by atoms with E-state index in [1.54, 1.807) is 39.8 Å². The smallest absolute Gasteiger partial charge is 0.337 e. The van der Waals surface area contributed by atoms with E-state index in [-0.39, 0.29) is 23.1 Å². The van der Waals surface area contributed by atoms with E-state index in [4.69, 9.17) is 0 Å². The molecule has 0 saturated carbocycles. The summed E-state index contributed by atoms with van der Waals surface area (Å²) in [5.41, 5.74) is -0.566. The summed E-state index contributed by atoms with van der Waals surface area (Å²) in [5.74, 6) is -1.54. The zero-order valence-corrected chi connectivity index (χ0v) is 27.1. The van der Waals surface area contributed by atoms with Crippen LogP contribution < -0.4 is 5.32 Å². The maximum Gasteiger partial charge on any atom is 0.337 e. The van der Waals surface area contributed by atoms with E-state index in [0.29, 0.717) is 25.7 Å². The largest absolute Gasteiger partial charge is 0.478 e. The SMILES string of the molecule is [CH2-]CC(OO)C(CC)CC(C)(CC(C)(C)C(=O)Nc1ccc(C)cc1C(=O)O)C(C)OO.[Rf]. The summed E-state index contributed by atoms with van der Waals surface area (Å²) in [6.07, 6.45) is 0.817. The van der Waals surface area contributed by atoms with Crippen molar-refractivity contribution in [1.82, 2.24) is 0 Å². The topological polar surface area (TPSA) is 125 Å². The number of nitrogens with one attached hydrogen (secondary N) is 1. The molecule has 0 saturated heterocycles. The fourth-order valence-corrected chi connectivity index (χ4v) is 4.35. The van der Waals surface area contributed by atoms with Crippen molar-refractivity contribution < 1.29 is 35.0 Å². The number of benzene rings is 1. The van der Waals surface area contributed by atoms with Gasteiger partial charge in [-0.2, -0.15) is 6.42 Å². The van der Waals surface area contributed by atoms with Gasteiger partial charge in [-0.1, -0.05) is 45.7 Å². The van der Waals surface area contributed by atoms with Crippen LogP contribution in [0.3, 0.4) is 0 Å². The van der Waals surface area contributed by atoms with Crippen LogP contribution in [0.2, 0.25) is 0 Å². The summed E-state index contributed by atoms with van der Waals surface area (Å²) in [7, 11) is 0. The van der Waals surface area contributed by atoms with Crippen LogP contribution in [0.15, 0.2) is 18.2 Å². The number of aromatic carboxylic acids is 1. The molecule has 0 spiro atoms. The quantitative estimate of drug-likeness (QED) is 0.122. The van der Waals surface area contributed by atoms with Crippen molar-refractivity contribution in [2.24, 2.45) is 16.7 Å². The molecule has 33 heavy (non-hydrogen) atoms. The molecule has 0 aromatic heterocycles. The summed E-state index contributed by atoms with van der Waals surface area (Å²) in [5, 5.41) is 30.9. The summed E-state index contributed by atoms with van der Waals surface area (Å²) in [4.78, 5) is 34.1. The molecule has 184 valence electrons. The number of carboxylic acids is 1. The van der Waals surface area contributed by atoms with Crippen molar-refractivity contribution in [2.75, 3.05) is 5.32 Å². The van der Waals surface area contributed by atoms with Crippen molar-refractivity contribution in [1.29, 1.82) is 0 Å². The number of carboxylic acid groups (broad SMARTS) is 1. The zero-order valence-electron chi connectivity index (χ0n) is 20.7. The number of rotatable bonds is 13. The third kappa shape index (κ3) is 7.53. The summed E-state index contributed by atoms with van der Waals surface area (Å²) >= 11 is 0. The van der Waals surface area contributed by atoms with Gasteiger partial charge in [0.25, 0.3) is 0 Å². The molecular formula is C24H38NO7Rf-. The fourth-order valence-electron chi connectivity index (χ4n) is 4.35. The van der Waals surface area contributed by atoms with E-state index < -0.39 is 29.0 Å². The normalized spacial score (nSPS) is 16.2. The van der Waals surface area contributed by atoms with Gasteiger partial charge in [-0.05, 0) is 50.2 Å². The van der Waals surface area contributed by atoms with Crippen LogP contribution in [-0.2, 0) is 14.6 Å². The number of anilines is 1. The number of hydrogen-bond acceptors (Lipinski definition) is 6. The fraction of sp³-hybridized carbons (Fsp3) is 0.625. The third-order valence-corrected chi connectivity index (χ3v) is 6.45. The Kier molecular flexibility index (Phi) is 11.2. The summed E-state index contributed by atoms with van der Waals surface area (Å²) in [6.45, 7) is 14.7. The standard InChI is InChI=1S/C24H38NO7.Rf/c1-8-17(20(9-2)32-30)13-24(7,16(4)31-29)14-23(5,6)22(28)25-19-11-10-15(3)12-18(19)21(26)27;/h10-12,16-17,20,29-30H,2,8-9,13-14H2,1,3-7H3,(H,25,28)(H,26,27);/q-1;. The molecule has 1 aromatic carbocycles. The Morgan fingerprint density at radius 3 is 2.24 bits per heavy atom. The Bertz CT molecular complexity index is 782. The zero-order chi connectivity index (χ0) is 24.7. The van der Waals surface area contributed by atoms with E-state index in [0.717, 1.165) is 5.56 Å². The van der Waals surface area contributed by atoms with Gasteiger partial charge >= 0.3 is 5.97 Å². The van der Waals surface area contributed by atoms with E-state index in [1.807, 2.05) is 13.8 Å². The van der Waals surface area contributed by atoms with Gasteiger partial charge in [0.05, 0.1) is 23.5 Å². The Labute approximate surface area is 190 Å². The Hall–Kier alpha value is -3.00. The Morgan fingerprint density at radius 2 is 1.79 bits per heavy atom. The monoisotopic (exact) mass is 719 g/mol. The van der Waals surface area contributed by atoms with Crippen molar-refractivity contribution in [2.45, 2.75) is 79.4 Å². The summed E-state index contributed by atoms with van der Waals surface area (Å²) in [6, 6.07) is 4.83. The third-order valence-electron chi connectivity index (χ3n) is 6.45. The van der Waals surface area contributed by atoms with Crippen molar-refractivity contribution in [3.05, 3.63) is 36.2 Å². The first kappa shape index (κ1) is 30.0. The van der Waals surface area contributed by atoms with Gasteiger partial charge in [0.15, 0.2) is 0 Å². The molecule has 4 atom stereocenters. The molecule has 8 nitrogen and oxygen atoms in total. The number of carbonyl (C=O) groups excluding carboxylic acids is 1. The molecule has 0 radical (unpaired) electrons. The number of hydrogen-bond donors (Lipinski definition) is 4. The Balaban J connectivity index is 0.0000102. The first-order valence-corrected chi connectivity index (χ1v) is 10.9. The first-order chi connectivity index (χ1) is 14.8. The molecule has 0 heterocycles. The molecule has 1 rings (SSSR count). The first-order valence-electron chi connectivity index (χ1n) is 10.9. The predicted molar refractivity (Wildman–Crippen MR) is 122 cm³/mol. The van der Waals surface area contributed by atoms with Gasteiger partial charge in [-0.15, -0.1) is 0 Å². The molecule has 4 N–H and O–H groups in total. The average molecular weight is 720 g/mol. The number of carbonyl (C=O) groups is 2. The van der Waals surface area contributed by atoms with Gasteiger partial charge in [-0.25, -0.2) is 14.6 Å². The molecule has 0 aliphatic rings. The average Bonchev–Trinajstić information content (AvgIpc) is 2.73. The Morgan fingerprint density at radius 1 is 1.18 bits per heavy atom. The minimum Gasteiger partial charge on any atom is -0.478 e. The molecule has 0 aliphatic carbocycles. The van der Waals surface area contributed by atoms with E-state index in [1.165, 1.54) is 6.07 Å². The number of aryl methyl sites for hydroxylation is 1. The molecule has 0 fully saturated rings. The number of amides is 1. The van der Waals surface area contributed by atoms with E-state index in [2.05, 4.69) is 22.0 Å². The van der Waals surface area contributed by atoms with Gasteiger partial charge in [-0.3, -0.25) is 15.3 Å². The van der Waals surface area contributed by atoms with Crippen molar-refractivity contribution in [3.63, 3.8) is 0 Å². The van der Waals surface area contributed by atoms with Crippen molar-refractivity contribution in [3.8, 4) is 0 Å². The molecule has 1 aromatic rings. The van der Waals surface area contributed by atoms with Crippen LogP contribution >= 0.6 is 0 Å². The van der Waals surface area contributed by atoms with Gasteiger partial charge in [0, 0.05) is 5.41 Å². The molecule has 4 unspecified atom stereocenters. The van der Waals surface area contributed by atoms with E-state index >= 15 is 0 Å². The predicted octanol–water partition coefficient (Wildman–Crippen LogP) is 5.43. The maximum atomic E-state index is 13.2. The molecular weight excluding hydrogens is 681 g/mol. The van der Waals surface area contributed by atoms with Crippen LogP contribution in [0.5, 0.6) is 0 Å². The second-order valence-corrected chi connectivity index (χ2v) is 9.58. The van der Waals surface area contributed by atoms with Crippen LogP contribution in [0, 0.1) is 30.6 Å². The van der Waals surface area contributed by atoms with Gasteiger partial charge < -0.3 is 17.3 Å². The second kappa shape index (κ2) is 12.3. The summed E-state index contributed by atoms with van der Waals surface area (Å²) < 4.78 is 0.